The standard InChI is InChI=1S/C15H24N2O2S/c1-10(2)15-12(8-14(18)19)20-13(16-15)9-17-6-4-11(3)5-7-17/h10-11H,4-9H2,1-3H3,(H,18,19). The molecule has 0 unspecified atom stereocenters. The molecule has 20 heavy (non-hydrogen) atoms. The van der Waals surface area contributed by atoms with E-state index in [0.29, 0.717) is 0 Å². The molecule has 0 amide bonds. The monoisotopic (exact) mass is 296 g/mol. The minimum atomic E-state index is -0.770. The zero-order chi connectivity index (χ0) is 14.7. The number of likely N-dealkylation sites (tertiary alicyclic amines) is 1. The lowest BCUT2D eigenvalue weighted by atomic mass is 9.99. The second-order valence-electron chi connectivity index (χ2n) is 6.10. The van der Waals surface area contributed by atoms with Crippen molar-refractivity contribution < 1.29 is 9.90 Å². The lowest BCUT2D eigenvalue weighted by Crippen LogP contribution is -2.32. The number of nitrogens with zero attached hydrogens (tertiary/aromatic N) is 2. The van der Waals surface area contributed by atoms with Crippen molar-refractivity contribution in [3.05, 3.63) is 15.6 Å². The number of aromatic nitrogens is 1. The van der Waals surface area contributed by atoms with Gasteiger partial charge in [-0.2, -0.15) is 0 Å². The molecule has 5 heteroatoms. The Morgan fingerprint density at radius 3 is 2.65 bits per heavy atom. The van der Waals surface area contributed by atoms with Crippen LogP contribution in [0.15, 0.2) is 0 Å². The molecule has 0 bridgehead atoms. The van der Waals surface area contributed by atoms with Crippen LogP contribution in [0, 0.1) is 5.92 Å². The zero-order valence-corrected chi connectivity index (χ0v) is 13.4. The molecule has 1 N–H and O–H groups in total. The van der Waals surface area contributed by atoms with Crippen LogP contribution in [0.1, 0.15) is 55.1 Å². The number of carboxylic acid groups (broad SMARTS) is 1. The first-order valence-corrected chi connectivity index (χ1v) is 8.20. The average molecular weight is 296 g/mol. The van der Waals surface area contributed by atoms with Crippen LogP contribution in [-0.4, -0.2) is 34.0 Å². The number of hydrogen-bond acceptors (Lipinski definition) is 4. The maximum Gasteiger partial charge on any atom is 0.308 e. The van der Waals surface area contributed by atoms with E-state index in [2.05, 4.69) is 30.7 Å². The molecule has 1 fully saturated rings. The summed E-state index contributed by atoms with van der Waals surface area (Å²) in [6, 6.07) is 0. The van der Waals surface area contributed by atoms with E-state index in [4.69, 9.17) is 5.11 Å². The van der Waals surface area contributed by atoms with Gasteiger partial charge >= 0.3 is 5.97 Å². The SMILES string of the molecule is CC1CCN(Cc2nc(C(C)C)c(CC(=O)O)s2)CC1. The predicted molar refractivity (Wildman–Crippen MR) is 81.2 cm³/mol. The highest BCUT2D eigenvalue weighted by Crippen LogP contribution is 2.27. The van der Waals surface area contributed by atoms with Gasteiger partial charge in [0, 0.05) is 4.88 Å². The van der Waals surface area contributed by atoms with Gasteiger partial charge in [0.1, 0.15) is 5.01 Å². The Hall–Kier alpha value is -0.940. The number of carboxylic acids is 1. The number of carbonyl (C=O) groups is 1. The smallest absolute Gasteiger partial charge is 0.308 e. The number of thiazole rings is 1. The van der Waals surface area contributed by atoms with Gasteiger partial charge in [-0.3, -0.25) is 9.69 Å². The molecule has 4 nitrogen and oxygen atoms in total. The van der Waals surface area contributed by atoms with Crippen molar-refractivity contribution in [3.8, 4) is 0 Å². The fourth-order valence-electron chi connectivity index (χ4n) is 2.61. The summed E-state index contributed by atoms with van der Waals surface area (Å²) >= 11 is 1.58. The van der Waals surface area contributed by atoms with Gasteiger partial charge in [0.2, 0.25) is 0 Å². The molecule has 1 aromatic rings. The molecule has 2 heterocycles. The van der Waals surface area contributed by atoms with E-state index in [0.717, 1.165) is 41.1 Å². The van der Waals surface area contributed by atoms with Gasteiger partial charge in [0.05, 0.1) is 18.7 Å². The van der Waals surface area contributed by atoms with Gasteiger partial charge in [0.25, 0.3) is 0 Å². The minimum absolute atomic E-state index is 0.0994. The Morgan fingerprint density at radius 2 is 2.10 bits per heavy atom. The molecule has 0 aromatic carbocycles. The molecule has 0 spiro atoms. The Morgan fingerprint density at radius 1 is 1.45 bits per heavy atom. The van der Waals surface area contributed by atoms with E-state index >= 15 is 0 Å². The number of aliphatic carboxylic acids is 1. The first-order chi connectivity index (χ1) is 9.45. The lowest BCUT2D eigenvalue weighted by molar-refractivity contribution is -0.136. The zero-order valence-electron chi connectivity index (χ0n) is 12.6. The van der Waals surface area contributed by atoms with Gasteiger partial charge in [-0.15, -0.1) is 11.3 Å². The topological polar surface area (TPSA) is 53.4 Å². The van der Waals surface area contributed by atoms with Crippen LogP contribution >= 0.6 is 11.3 Å². The Kier molecular flexibility index (Phi) is 5.16. The van der Waals surface area contributed by atoms with Crippen molar-refractivity contribution in [1.29, 1.82) is 0 Å². The normalized spacial score (nSPS) is 17.8. The third kappa shape index (κ3) is 4.03. The third-order valence-electron chi connectivity index (χ3n) is 3.87. The summed E-state index contributed by atoms with van der Waals surface area (Å²) in [5.74, 6) is 0.348. The maximum absolute atomic E-state index is 10.9. The summed E-state index contributed by atoms with van der Waals surface area (Å²) in [5, 5.41) is 10.1. The van der Waals surface area contributed by atoms with Crippen LogP contribution in [-0.2, 0) is 17.8 Å². The summed E-state index contributed by atoms with van der Waals surface area (Å²) in [4.78, 5) is 19.0. The Balaban J connectivity index is 2.06. The highest BCUT2D eigenvalue weighted by atomic mass is 32.1. The van der Waals surface area contributed by atoms with Crippen molar-refractivity contribution in [2.24, 2.45) is 5.92 Å². The molecule has 2 rings (SSSR count). The highest BCUT2D eigenvalue weighted by Gasteiger charge is 2.20. The molecule has 1 saturated heterocycles. The van der Waals surface area contributed by atoms with E-state index in [1.54, 1.807) is 11.3 Å². The molecule has 1 aliphatic heterocycles. The molecular weight excluding hydrogens is 272 g/mol. The van der Waals surface area contributed by atoms with Crippen LogP contribution < -0.4 is 0 Å². The van der Waals surface area contributed by atoms with Crippen LogP contribution in [0.25, 0.3) is 0 Å². The van der Waals surface area contributed by atoms with Gasteiger partial charge < -0.3 is 5.11 Å². The van der Waals surface area contributed by atoms with Crippen LogP contribution in [0.3, 0.4) is 0 Å². The summed E-state index contributed by atoms with van der Waals surface area (Å²) in [6.45, 7) is 9.59. The fourth-order valence-corrected chi connectivity index (χ4v) is 3.87. The molecule has 0 atom stereocenters. The van der Waals surface area contributed by atoms with E-state index in [1.165, 1.54) is 12.8 Å². The molecule has 112 valence electrons. The summed E-state index contributed by atoms with van der Waals surface area (Å²) in [5.41, 5.74) is 0.970. The van der Waals surface area contributed by atoms with Gasteiger partial charge in [-0.1, -0.05) is 20.8 Å². The Labute approximate surface area is 124 Å². The van der Waals surface area contributed by atoms with Crippen molar-refractivity contribution in [2.45, 2.75) is 52.5 Å². The van der Waals surface area contributed by atoms with E-state index in [1.807, 2.05) is 0 Å². The predicted octanol–water partition coefficient (Wildman–Crippen LogP) is 3.13. The molecule has 0 saturated carbocycles. The first-order valence-electron chi connectivity index (χ1n) is 7.38. The van der Waals surface area contributed by atoms with Crippen molar-refractivity contribution in [1.82, 2.24) is 9.88 Å². The molecule has 1 aromatic heterocycles. The van der Waals surface area contributed by atoms with Crippen LogP contribution in [0.2, 0.25) is 0 Å². The Bertz CT molecular complexity index is 462. The average Bonchev–Trinajstić information content (AvgIpc) is 2.74. The van der Waals surface area contributed by atoms with Crippen molar-refractivity contribution in [3.63, 3.8) is 0 Å². The van der Waals surface area contributed by atoms with Gasteiger partial charge in [-0.25, -0.2) is 4.98 Å². The van der Waals surface area contributed by atoms with Gasteiger partial charge in [0.15, 0.2) is 0 Å². The van der Waals surface area contributed by atoms with Crippen molar-refractivity contribution >= 4 is 17.3 Å². The minimum Gasteiger partial charge on any atom is -0.481 e. The van der Waals surface area contributed by atoms with E-state index in [9.17, 15) is 4.79 Å². The first kappa shape index (κ1) is 15.4. The molecule has 1 aliphatic rings. The van der Waals surface area contributed by atoms with E-state index in [-0.39, 0.29) is 12.3 Å². The maximum atomic E-state index is 10.9. The highest BCUT2D eigenvalue weighted by molar-refractivity contribution is 7.11. The lowest BCUT2D eigenvalue weighted by Gasteiger charge is -2.29. The fraction of sp³-hybridized carbons (Fsp3) is 0.733. The molecular formula is C15H24N2O2S. The number of hydrogen-bond donors (Lipinski definition) is 1. The van der Waals surface area contributed by atoms with Crippen molar-refractivity contribution in [2.75, 3.05) is 13.1 Å². The summed E-state index contributed by atoms with van der Waals surface area (Å²) in [7, 11) is 0. The second kappa shape index (κ2) is 6.68. The quantitative estimate of drug-likeness (QED) is 0.907. The largest absolute Gasteiger partial charge is 0.481 e. The van der Waals surface area contributed by atoms with E-state index < -0.39 is 5.97 Å². The molecule has 0 aliphatic carbocycles. The number of piperidine rings is 1. The third-order valence-corrected chi connectivity index (χ3v) is 4.92. The van der Waals surface area contributed by atoms with Crippen LogP contribution in [0.5, 0.6) is 0 Å². The summed E-state index contributed by atoms with van der Waals surface area (Å²) < 4.78 is 0. The summed E-state index contributed by atoms with van der Waals surface area (Å²) in [6.07, 6.45) is 2.61. The molecule has 0 radical (unpaired) electrons. The van der Waals surface area contributed by atoms with Crippen LogP contribution in [0.4, 0.5) is 0 Å². The second-order valence-corrected chi connectivity index (χ2v) is 7.27. The number of rotatable bonds is 5. The van der Waals surface area contributed by atoms with Gasteiger partial charge in [-0.05, 0) is 37.8 Å².